The second-order valence-corrected chi connectivity index (χ2v) is 0.750. The van der Waals surface area contributed by atoms with E-state index in [4.69, 9.17) is 14.1 Å². The van der Waals surface area contributed by atoms with E-state index >= 15 is 0 Å². The molecule has 0 aliphatic rings. The maximum atomic E-state index is 8.52. The largest absolute Gasteiger partial charge is 2.00 e. The molecule has 0 aromatic rings. The molecule has 32 valence electrons. The van der Waals surface area contributed by atoms with Crippen molar-refractivity contribution in [2.75, 3.05) is 0 Å². The van der Waals surface area contributed by atoms with Crippen LogP contribution in [-0.4, -0.2) is 55.3 Å². The van der Waals surface area contributed by atoms with E-state index in [0.717, 1.165) is 0 Å². The van der Waals surface area contributed by atoms with E-state index in [9.17, 15) is 0 Å². The molecular weight excluding hydrogens is 171 g/mol. The number of rotatable bonds is 0. The Bertz CT molecular complexity index is 49.3. The van der Waals surface area contributed by atoms with Crippen LogP contribution in [0.15, 0.2) is 0 Å². The molecule has 0 aliphatic carbocycles. The summed E-state index contributed by atoms with van der Waals surface area (Å²) >= 11 is 0. The molecule has 0 fully saturated rings. The summed E-state index contributed by atoms with van der Waals surface area (Å²) in [5.41, 5.74) is 0. The minimum Gasteiger partial charge on any atom is -1.00 e. The molecule has 0 heterocycles. The molecule has 3 nitrogen and oxygen atoms in total. The third-order valence-electron chi connectivity index (χ3n) is 0. The van der Waals surface area contributed by atoms with Gasteiger partial charge < -0.3 is 19.8 Å². The minimum atomic E-state index is -3.63. The van der Waals surface area contributed by atoms with Gasteiger partial charge in [0.1, 0.15) is 0 Å². The monoisotopic (exact) mass is 174 g/mol. The second-order valence-electron chi connectivity index (χ2n) is 0.250. The molecule has 8 heteroatoms. The summed E-state index contributed by atoms with van der Waals surface area (Å²) in [4.78, 5) is 17.0. The van der Waals surface area contributed by atoms with Gasteiger partial charge >= 0.3 is 105 Å². The minimum absolute atomic E-state index is 0. The van der Waals surface area contributed by atoms with E-state index in [1.165, 1.54) is 0 Å². The van der Waals surface area contributed by atoms with Gasteiger partial charge in [0.15, 0.2) is 0 Å². The van der Waals surface area contributed by atoms with Crippen LogP contribution in [0.3, 0.4) is 0 Å². The first kappa shape index (κ1) is 30.4. The summed E-state index contributed by atoms with van der Waals surface area (Å²) < 4.78 is 8.52. The standard InChI is InChI=1S/2Mg.2Na.O3Si.4H/c;;;;1-4(2)3;;;;/q2*+2;2*+1;-2;4*-1. The van der Waals surface area contributed by atoms with Crippen molar-refractivity contribution < 1.29 is 78.9 Å². The van der Waals surface area contributed by atoms with Gasteiger partial charge in [-0.1, -0.05) is 0 Å². The van der Waals surface area contributed by atoms with E-state index in [2.05, 4.69) is 0 Å². The molecule has 0 saturated heterocycles. The van der Waals surface area contributed by atoms with Crippen LogP contribution in [0.1, 0.15) is 5.71 Å². The molecule has 0 N–H and O–H groups in total. The zero-order valence-corrected chi connectivity index (χ0v) is 13.0. The van der Waals surface area contributed by atoms with Crippen molar-refractivity contribution in [1.82, 2.24) is 0 Å². The fraction of sp³-hybridized carbons (Fsp3) is 0. The molecule has 0 spiro atoms. The van der Waals surface area contributed by atoms with Gasteiger partial charge in [-0.2, -0.15) is 0 Å². The Labute approximate surface area is 132 Å². The van der Waals surface area contributed by atoms with Gasteiger partial charge in [-0.15, -0.1) is 0 Å². The number of hydrogen-bond acceptors (Lipinski definition) is 3. The fourth-order valence-electron chi connectivity index (χ4n) is 0. The summed E-state index contributed by atoms with van der Waals surface area (Å²) in [6, 6.07) is 0. The van der Waals surface area contributed by atoms with Gasteiger partial charge in [0.05, 0.1) is 0 Å². The van der Waals surface area contributed by atoms with Gasteiger partial charge in [0.2, 0.25) is 0 Å². The Balaban J connectivity index is -0.00000000161. The van der Waals surface area contributed by atoms with Crippen LogP contribution >= 0.6 is 0 Å². The average Bonchev–Trinajstić information content (AvgIpc) is 0.811. The van der Waals surface area contributed by atoms with E-state index < -0.39 is 9.17 Å². The van der Waals surface area contributed by atoms with Crippen molar-refractivity contribution >= 4 is 55.3 Å². The summed E-state index contributed by atoms with van der Waals surface area (Å²) in [7, 11) is -3.63. The normalized spacial score (nSPS) is 3.00. The molecule has 0 unspecified atom stereocenters. The molecule has 0 saturated carbocycles. The van der Waals surface area contributed by atoms with E-state index in [0.29, 0.717) is 0 Å². The average molecular weight is 175 g/mol. The van der Waals surface area contributed by atoms with Gasteiger partial charge in [-0.3, -0.25) is 0 Å². The van der Waals surface area contributed by atoms with Crippen molar-refractivity contribution in [3.05, 3.63) is 0 Å². The van der Waals surface area contributed by atoms with E-state index in [1.807, 2.05) is 0 Å². The van der Waals surface area contributed by atoms with E-state index in [1.54, 1.807) is 0 Å². The topological polar surface area (TPSA) is 63.2 Å². The summed E-state index contributed by atoms with van der Waals surface area (Å²) in [5, 5.41) is 0. The molecule has 0 radical (unpaired) electrons. The smallest absolute Gasteiger partial charge is 1.00 e. The molecule has 0 aliphatic heterocycles. The Morgan fingerprint density at radius 3 is 1.12 bits per heavy atom. The third kappa shape index (κ3) is 61.3. The van der Waals surface area contributed by atoms with Gasteiger partial charge in [-0.25, -0.2) is 0 Å². The van der Waals surface area contributed by atoms with Crippen molar-refractivity contribution in [2.24, 2.45) is 0 Å². The summed E-state index contributed by atoms with van der Waals surface area (Å²) in [5.74, 6) is 0. The maximum Gasteiger partial charge on any atom is 2.00 e. The molecule has 0 rings (SSSR count). The Kier molecular flexibility index (Phi) is 85.3. The van der Waals surface area contributed by atoms with E-state index in [-0.39, 0.29) is 111 Å². The van der Waals surface area contributed by atoms with Crippen molar-refractivity contribution in [3.63, 3.8) is 0 Å². The summed E-state index contributed by atoms with van der Waals surface area (Å²) in [6.45, 7) is 0. The third-order valence-corrected chi connectivity index (χ3v) is 0. The van der Waals surface area contributed by atoms with Crippen LogP contribution < -0.4 is 68.7 Å². The van der Waals surface area contributed by atoms with Crippen molar-refractivity contribution in [3.8, 4) is 0 Å². The van der Waals surface area contributed by atoms with Crippen LogP contribution in [0.4, 0.5) is 0 Å². The predicted octanol–water partition coefficient (Wildman–Crippen LogP) is -9.18. The quantitative estimate of drug-likeness (QED) is 0.343. The first-order valence-corrected chi connectivity index (χ1v) is 1.84. The molecule has 8 heavy (non-hydrogen) atoms. The molecule has 0 bridgehead atoms. The Morgan fingerprint density at radius 1 is 1.12 bits per heavy atom. The molecule has 0 aromatic heterocycles. The van der Waals surface area contributed by atoms with Gasteiger partial charge in [0.25, 0.3) is 0 Å². The Hall–Kier alpha value is 3.15. The van der Waals surface area contributed by atoms with Crippen LogP contribution in [0.5, 0.6) is 0 Å². The molecule has 0 amide bonds. The SMILES string of the molecule is O=[Si]([O-])[O-].[H-].[H-].[H-].[H-].[Mg+2].[Mg+2].[Na+].[Na+]. The first-order chi connectivity index (χ1) is 1.73. The zero-order chi connectivity index (χ0) is 3.58. The van der Waals surface area contributed by atoms with Crippen molar-refractivity contribution in [2.45, 2.75) is 0 Å². The first-order valence-electron chi connectivity index (χ1n) is 0.612. The second kappa shape index (κ2) is 22.5. The van der Waals surface area contributed by atoms with Crippen LogP contribution in [0.2, 0.25) is 0 Å². The van der Waals surface area contributed by atoms with Crippen LogP contribution in [-0.2, 0) is 4.46 Å². The molecular formula is H4Mg2Na2O3Si. The molecule has 0 atom stereocenters. The Morgan fingerprint density at radius 2 is 1.12 bits per heavy atom. The van der Waals surface area contributed by atoms with Gasteiger partial charge in [0, 0.05) is 9.17 Å². The van der Waals surface area contributed by atoms with Crippen LogP contribution in [0, 0.1) is 0 Å². The zero-order valence-electron chi connectivity index (χ0n) is 9.14. The van der Waals surface area contributed by atoms with Crippen LogP contribution in [0.25, 0.3) is 0 Å². The predicted molar refractivity (Wildman–Crippen MR) is 22.4 cm³/mol. The number of hydrogen-bond donors (Lipinski definition) is 0. The fourth-order valence-corrected chi connectivity index (χ4v) is 0. The van der Waals surface area contributed by atoms with Gasteiger partial charge in [-0.05, 0) is 0 Å². The molecule has 0 aromatic carbocycles. The van der Waals surface area contributed by atoms with Crippen molar-refractivity contribution in [1.29, 1.82) is 0 Å². The maximum absolute atomic E-state index is 8.52. The summed E-state index contributed by atoms with van der Waals surface area (Å²) in [6.07, 6.45) is 0.